The molecule has 18 heavy (non-hydrogen) atoms. The van der Waals surface area contributed by atoms with Crippen LogP contribution in [0.3, 0.4) is 0 Å². The molecule has 0 atom stereocenters. The summed E-state index contributed by atoms with van der Waals surface area (Å²) in [5.74, 6) is 0. The van der Waals surface area contributed by atoms with Gasteiger partial charge in [-0.25, -0.2) is 0 Å². The molecule has 0 aromatic heterocycles. The Morgan fingerprint density at radius 1 is 0.944 bits per heavy atom. The van der Waals surface area contributed by atoms with Crippen LogP contribution in [0.1, 0.15) is 5.56 Å². The number of rotatable bonds is 4. The molecule has 2 aromatic carbocycles. The zero-order valence-electron chi connectivity index (χ0n) is 10.5. The van der Waals surface area contributed by atoms with Gasteiger partial charge in [0.05, 0.1) is 0 Å². The highest BCUT2D eigenvalue weighted by molar-refractivity contribution is 5.58. The largest absolute Gasteiger partial charge is 0.383 e. The molecule has 1 aliphatic heterocycles. The Morgan fingerprint density at radius 2 is 1.72 bits per heavy atom. The van der Waals surface area contributed by atoms with Crippen LogP contribution in [0.5, 0.6) is 0 Å². The van der Waals surface area contributed by atoms with Crippen LogP contribution in [0.2, 0.25) is 0 Å². The standard InChI is InChI=1S/C16H18N2/c1-2-7-15(8-3-1)17-11-13-18-12-10-14-6-4-5-9-16(14)18/h1-9,17H,10-13H2. The molecule has 0 bridgehead atoms. The highest BCUT2D eigenvalue weighted by atomic mass is 15.2. The van der Waals surface area contributed by atoms with E-state index in [0.29, 0.717) is 0 Å². The van der Waals surface area contributed by atoms with Crippen molar-refractivity contribution in [1.82, 2.24) is 0 Å². The van der Waals surface area contributed by atoms with E-state index >= 15 is 0 Å². The average Bonchev–Trinajstić information content (AvgIpc) is 2.84. The van der Waals surface area contributed by atoms with E-state index in [1.165, 1.54) is 23.4 Å². The van der Waals surface area contributed by atoms with Gasteiger partial charge in [0, 0.05) is 31.0 Å². The summed E-state index contributed by atoms with van der Waals surface area (Å²) >= 11 is 0. The first-order valence-corrected chi connectivity index (χ1v) is 6.55. The minimum absolute atomic E-state index is 0.984. The second-order valence-electron chi connectivity index (χ2n) is 4.66. The Balaban J connectivity index is 1.56. The molecule has 2 heteroatoms. The van der Waals surface area contributed by atoms with E-state index in [9.17, 15) is 0 Å². The van der Waals surface area contributed by atoms with Crippen molar-refractivity contribution in [2.45, 2.75) is 6.42 Å². The Morgan fingerprint density at radius 3 is 2.61 bits per heavy atom. The highest BCUT2D eigenvalue weighted by Gasteiger charge is 2.17. The van der Waals surface area contributed by atoms with Gasteiger partial charge in [0.25, 0.3) is 0 Å². The number of hydrogen-bond acceptors (Lipinski definition) is 2. The fraction of sp³-hybridized carbons (Fsp3) is 0.250. The monoisotopic (exact) mass is 238 g/mol. The number of nitrogens with zero attached hydrogens (tertiary/aromatic N) is 1. The van der Waals surface area contributed by atoms with Crippen LogP contribution < -0.4 is 10.2 Å². The molecule has 0 unspecified atom stereocenters. The van der Waals surface area contributed by atoms with Gasteiger partial charge in [-0.05, 0) is 30.2 Å². The quantitative estimate of drug-likeness (QED) is 0.880. The molecule has 0 fully saturated rings. The maximum absolute atomic E-state index is 3.46. The van der Waals surface area contributed by atoms with Gasteiger partial charge in [0.15, 0.2) is 0 Å². The SMILES string of the molecule is c1ccc(NCCN2CCc3ccccc32)cc1. The van der Waals surface area contributed by atoms with Gasteiger partial charge in [-0.3, -0.25) is 0 Å². The lowest BCUT2D eigenvalue weighted by Crippen LogP contribution is -2.27. The average molecular weight is 238 g/mol. The second kappa shape index (κ2) is 5.13. The fourth-order valence-corrected chi connectivity index (χ4v) is 2.53. The van der Waals surface area contributed by atoms with E-state index in [0.717, 1.165) is 19.6 Å². The molecule has 0 aliphatic carbocycles. The maximum Gasteiger partial charge on any atom is 0.0400 e. The molecule has 2 aromatic rings. The first-order chi connectivity index (χ1) is 8.93. The number of nitrogens with one attached hydrogen (secondary N) is 1. The second-order valence-corrected chi connectivity index (χ2v) is 4.66. The molecule has 0 saturated heterocycles. The third-order valence-corrected chi connectivity index (χ3v) is 3.47. The predicted octanol–water partition coefficient (Wildman–Crippen LogP) is 3.16. The Kier molecular flexibility index (Phi) is 3.18. The van der Waals surface area contributed by atoms with Gasteiger partial charge < -0.3 is 10.2 Å². The van der Waals surface area contributed by atoms with Gasteiger partial charge in [-0.15, -0.1) is 0 Å². The van der Waals surface area contributed by atoms with Crippen molar-refractivity contribution < 1.29 is 0 Å². The summed E-state index contributed by atoms with van der Waals surface area (Å²) in [6, 6.07) is 19.1. The maximum atomic E-state index is 3.46. The van der Waals surface area contributed by atoms with Crippen molar-refractivity contribution in [2.75, 3.05) is 29.9 Å². The summed E-state index contributed by atoms with van der Waals surface area (Å²) < 4.78 is 0. The summed E-state index contributed by atoms with van der Waals surface area (Å²) in [6.45, 7) is 3.19. The molecule has 0 saturated carbocycles. The van der Waals surface area contributed by atoms with Crippen LogP contribution in [0.15, 0.2) is 54.6 Å². The molecule has 1 aliphatic rings. The Hall–Kier alpha value is -1.96. The van der Waals surface area contributed by atoms with E-state index in [1.54, 1.807) is 0 Å². The van der Waals surface area contributed by atoms with E-state index in [-0.39, 0.29) is 0 Å². The summed E-state index contributed by atoms with van der Waals surface area (Å²) in [4.78, 5) is 2.46. The lowest BCUT2D eigenvalue weighted by atomic mass is 10.2. The van der Waals surface area contributed by atoms with Crippen LogP contribution >= 0.6 is 0 Å². The molecule has 0 amide bonds. The summed E-state index contributed by atoms with van der Waals surface area (Å²) in [5.41, 5.74) is 4.09. The van der Waals surface area contributed by atoms with Gasteiger partial charge in [-0.2, -0.15) is 0 Å². The van der Waals surface area contributed by atoms with Crippen LogP contribution in [0, 0.1) is 0 Å². The third-order valence-electron chi connectivity index (χ3n) is 3.47. The van der Waals surface area contributed by atoms with Crippen molar-refractivity contribution in [1.29, 1.82) is 0 Å². The lowest BCUT2D eigenvalue weighted by Gasteiger charge is -2.19. The number of benzene rings is 2. The Bertz CT molecular complexity index is 508. The molecule has 0 spiro atoms. The molecule has 2 nitrogen and oxygen atoms in total. The summed E-state index contributed by atoms with van der Waals surface area (Å²) in [6.07, 6.45) is 1.18. The number of fused-ring (bicyclic) bond motifs is 1. The molecule has 3 rings (SSSR count). The van der Waals surface area contributed by atoms with Crippen molar-refractivity contribution in [3.8, 4) is 0 Å². The van der Waals surface area contributed by atoms with Gasteiger partial charge in [-0.1, -0.05) is 36.4 Å². The number of hydrogen-bond donors (Lipinski definition) is 1. The predicted molar refractivity (Wildman–Crippen MR) is 77.3 cm³/mol. The van der Waals surface area contributed by atoms with E-state index in [2.05, 4.69) is 58.7 Å². The lowest BCUT2D eigenvalue weighted by molar-refractivity contribution is 0.839. The van der Waals surface area contributed by atoms with Crippen LogP contribution in [-0.2, 0) is 6.42 Å². The third kappa shape index (κ3) is 2.33. The van der Waals surface area contributed by atoms with Crippen molar-refractivity contribution in [3.63, 3.8) is 0 Å². The first kappa shape index (κ1) is 11.1. The van der Waals surface area contributed by atoms with Crippen molar-refractivity contribution in [3.05, 3.63) is 60.2 Å². The molecule has 1 N–H and O–H groups in total. The number of anilines is 2. The molecule has 1 heterocycles. The van der Waals surface area contributed by atoms with Crippen LogP contribution in [0.25, 0.3) is 0 Å². The van der Waals surface area contributed by atoms with Crippen LogP contribution in [-0.4, -0.2) is 19.6 Å². The van der Waals surface area contributed by atoms with Gasteiger partial charge in [0.1, 0.15) is 0 Å². The fourth-order valence-electron chi connectivity index (χ4n) is 2.53. The van der Waals surface area contributed by atoms with Crippen molar-refractivity contribution in [2.24, 2.45) is 0 Å². The molecular formula is C16H18N2. The minimum atomic E-state index is 0.984. The van der Waals surface area contributed by atoms with Gasteiger partial charge >= 0.3 is 0 Å². The van der Waals surface area contributed by atoms with Crippen molar-refractivity contribution >= 4 is 11.4 Å². The smallest absolute Gasteiger partial charge is 0.0400 e. The van der Waals surface area contributed by atoms with Gasteiger partial charge in [0.2, 0.25) is 0 Å². The molecule has 0 radical (unpaired) electrons. The minimum Gasteiger partial charge on any atom is -0.383 e. The van der Waals surface area contributed by atoms with E-state index in [1.807, 2.05) is 6.07 Å². The first-order valence-electron chi connectivity index (χ1n) is 6.55. The van der Waals surface area contributed by atoms with E-state index in [4.69, 9.17) is 0 Å². The molecule has 92 valence electrons. The van der Waals surface area contributed by atoms with Crippen LogP contribution in [0.4, 0.5) is 11.4 Å². The summed E-state index contributed by atoms with van der Waals surface area (Å²) in [7, 11) is 0. The highest BCUT2D eigenvalue weighted by Crippen LogP contribution is 2.26. The zero-order valence-corrected chi connectivity index (χ0v) is 10.5. The molecular weight excluding hydrogens is 220 g/mol. The zero-order chi connectivity index (χ0) is 12.2. The summed E-state index contributed by atoms with van der Waals surface area (Å²) in [5, 5.41) is 3.46. The number of para-hydroxylation sites is 2. The Labute approximate surface area is 108 Å². The van der Waals surface area contributed by atoms with E-state index < -0.39 is 0 Å². The topological polar surface area (TPSA) is 15.3 Å². The normalized spacial score (nSPS) is 13.4.